The van der Waals surface area contributed by atoms with E-state index in [4.69, 9.17) is 0 Å². The SMILES string of the molecule is C=CCNc1nccn1-c1cccc2c1CCCC2. The molecule has 3 nitrogen and oxygen atoms in total. The minimum absolute atomic E-state index is 0.728. The lowest BCUT2D eigenvalue weighted by Gasteiger charge is -2.20. The molecule has 3 rings (SSSR count). The minimum Gasteiger partial charge on any atom is -0.352 e. The lowest BCUT2D eigenvalue weighted by atomic mass is 9.90. The molecule has 1 aromatic heterocycles. The summed E-state index contributed by atoms with van der Waals surface area (Å²) in [5.74, 6) is 0.888. The van der Waals surface area contributed by atoms with E-state index >= 15 is 0 Å². The molecule has 0 radical (unpaired) electrons. The first kappa shape index (κ1) is 12.0. The monoisotopic (exact) mass is 253 g/mol. The summed E-state index contributed by atoms with van der Waals surface area (Å²) >= 11 is 0. The van der Waals surface area contributed by atoms with Gasteiger partial charge in [0.25, 0.3) is 0 Å². The average Bonchev–Trinajstić information content (AvgIpc) is 2.92. The predicted octanol–water partition coefficient (Wildman–Crippen LogP) is 3.35. The Morgan fingerprint density at radius 2 is 2.21 bits per heavy atom. The second-order valence-corrected chi connectivity index (χ2v) is 4.91. The van der Waals surface area contributed by atoms with E-state index in [9.17, 15) is 0 Å². The number of anilines is 1. The van der Waals surface area contributed by atoms with Gasteiger partial charge in [0, 0.05) is 18.9 Å². The third kappa shape index (κ3) is 2.28. The zero-order valence-electron chi connectivity index (χ0n) is 11.1. The Hall–Kier alpha value is -2.03. The molecule has 0 atom stereocenters. The van der Waals surface area contributed by atoms with Crippen LogP contribution >= 0.6 is 0 Å². The fourth-order valence-electron chi connectivity index (χ4n) is 2.78. The van der Waals surface area contributed by atoms with Crippen LogP contribution in [0, 0.1) is 0 Å². The van der Waals surface area contributed by atoms with Gasteiger partial charge in [-0.3, -0.25) is 4.57 Å². The molecule has 0 amide bonds. The molecule has 0 aliphatic heterocycles. The van der Waals surface area contributed by atoms with Gasteiger partial charge < -0.3 is 5.32 Å². The Kier molecular flexibility index (Phi) is 3.36. The molecule has 0 saturated heterocycles. The molecule has 1 aromatic carbocycles. The average molecular weight is 253 g/mol. The Bertz CT molecular complexity index is 583. The molecule has 1 N–H and O–H groups in total. The van der Waals surface area contributed by atoms with Crippen LogP contribution in [0.5, 0.6) is 0 Å². The van der Waals surface area contributed by atoms with Crippen LogP contribution in [0.4, 0.5) is 5.95 Å². The molecule has 19 heavy (non-hydrogen) atoms. The standard InChI is InChI=1S/C16H19N3/c1-2-10-17-16-18-11-12-19(16)15-9-5-7-13-6-3-4-8-14(13)15/h2,5,7,9,11-12H,1,3-4,6,8,10H2,(H,17,18). The van der Waals surface area contributed by atoms with Gasteiger partial charge in [-0.1, -0.05) is 18.2 Å². The number of benzene rings is 1. The highest BCUT2D eigenvalue weighted by atomic mass is 15.2. The van der Waals surface area contributed by atoms with Crippen molar-refractivity contribution in [2.75, 3.05) is 11.9 Å². The van der Waals surface area contributed by atoms with Crippen molar-refractivity contribution in [2.24, 2.45) is 0 Å². The molecule has 0 spiro atoms. The van der Waals surface area contributed by atoms with Crippen molar-refractivity contribution >= 4 is 5.95 Å². The Morgan fingerprint density at radius 3 is 3.11 bits per heavy atom. The second-order valence-electron chi connectivity index (χ2n) is 4.91. The van der Waals surface area contributed by atoms with Crippen LogP contribution in [-0.2, 0) is 12.8 Å². The molecule has 0 unspecified atom stereocenters. The van der Waals surface area contributed by atoms with Crippen LogP contribution < -0.4 is 5.32 Å². The van der Waals surface area contributed by atoms with Gasteiger partial charge in [0.2, 0.25) is 5.95 Å². The number of aryl methyl sites for hydroxylation is 1. The number of rotatable bonds is 4. The van der Waals surface area contributed by atoms with E-state index < -0.39 is 0 Å². The first-order valence-electron chi connectivity index (χ1n) is 6.89. The smallest absolute Gasteiger partial charge is 0.207 e. The predicted molar refractivity (Wildman–Crippen MR) is 78.9 cm³/mol. The van der Waals surface area contributed by atoms with Crippen LogP contribution in [0.3, 0.4) is 0 Å². The Morgan fingerprint density at radius 1 is 1.32 bits per heavy atom. The normalized spacial score (nSPS) is 13.9. The van der Waals surface area contributed by atoms with E-state index in [1.807, 2.05) is 18.5 Å². The van der Waals surface area contributed by atoms with Gasteiger partial charge in [0.05, 0.1) is 5.69 Å². The summed E-state index contributed by atoms with van der Waals surface area (Å²) in [7, 11) is 0. The number of fused-ring (bicyclic) bond motifs is 1. The van der Waals surface area contributed by atoms with Crippen molar-refractivity contribution in [2.45, 2.75) is 25.7 Å². The van der Waals surface area contributed by atoms with Gasteiger partial charge in [-0.15, -0.1) is 6.58 Å². The molecule has 2 aromatic rings. The van der Waals surface area contributed by atoms with Crippen LogP contribution in [0.25, 0.3) is 5.69 Å². The number of hydrogen-bond acceptors (Lipinski definition) is 2. The fourth-order valence-corrected chi connectivity index (χ4v) is 2.78. The van der Waals surface area contributed by atoms with Crippen LogP contribution in [-0.4, -0.2) is 16.1 Å². The molecule has 1 heterocycles. The molecule has 0 fully saturated rings. The van der Waals surface area contributed by atoms with E-state index in [0.29, 0.717) is 0 Å². The van der Waals surface area contributed by atoms with Crippen LogP contribution in [0.15, 0.2) is 43.2 Å². The molecule has 3 heteroatoms. The molecular weight excluding hydrogens is 234 g/mol. The van der Waals surface area contributed by atoms with E-state index in [2.05, 4.69) is 39.6 Å². The zero-order valence-corrected chi connectivity index (χ0v) is 11.1. The van der Waals surface area contributed by atoms with Gasteiger partial charge in [-0.05, 0) is 42.9 Å². The summed E-state index contributed by atoms with van der Waals surface area (Å²) in [4.78, 5) is 4.38. The maximum Gasteiger partial charge on any atom is 0.207 e. The Balaban J connectivity index is 2.02. The summed E-state index contributed by atoms with van der Waals surface area (Å²) in [6.07, 6.45) is 10.7. The second kappa shape index (κ2) is 5.31. The van der Waals surface area contributed by atoms with E-state index in [1.54, 1.807) is 0 Å². The van der Waals surface area contributed by atoms with Gasteiger partial charge in [-0.2, -0.15) is 0 Å². The largest absolute Gasteiger partial charge is 0.352 e. The van der Waals surface area contributed by atoms with Crippen LogP contribution in [0.2, 0.25) is 0 Å². The van der Waals surface area contributed by atoms with Gasteiger partial charge >= 0.3 is 0 Å². The highest BCUT2D eigenvalue weighted by Gasteiger charge is 2.15. The fraction of sp³-hybridized carbons (Fsp3) is 0.312. The van der Waals surface area contributed by atoms with Crippen LogP contribution in [0.1, 0.15) is 24.0 Å². The summed E-state index contributed by atoms with van der Waals surface area (Å²) < 4.78 is 2.15. The van der Waals surface area contributed by atoms with Crippen molar-refractivity contribution in [3.63, 3.8) is 0 Å². The summed E-state index contributed by atoms with van der Waals surface area (Å²) in [6, 6.07) is 6.59. The van der Waals surface area contributed by atoms with Gasteiger partial charge in [-0.25, -0.2) is 4.98 Å². The first-order valence-corrected chi connectivity index (χ1v) is 6.89. The van der Waals surface area contributed by atoms with Crippen molar-refractivity contribution in [1.82, 2.24) is 9.55 Å². The summed E-state index contributed by atoms with van der Waals surface area (Å²) in [6.45, 7) is 4.46. The number of hydrogen-bond donors (Lipinski definition) is 1. The first-order chi connectivity index (χ1) is 9.40. The number of nitrogens with zero attached hydrogens (tertiary/aromatic N) is 2. The quantitative estimate of drug-likeness (QED) is 0.847. The third-order valence-electron chi connectivity index (χ3n) is 3.68. The van der Waals surface area contributed by atoms with E-state index in [0.717, 1.165) is 12.5 Å². The van der Waals surface area contributed by atoms with E-state index in [1.165, 1.54) is 42.5 Å². The van der Waals surface area contributed by atoms with Crippen molar-refractivity contribution in [1.29, 1.82) is 0 Å². The molecule has 1 aliphatic rings. The van der Waals surface area contributed by atoms with E-state index in [-0.39, 0.29) is 0 Å². The lowest BCUT2D eigenvalue weighted by molar-refractivity contribution is 0.681. The molecule has 1 aliphatic carbocycles. The molecular formula is C16H19N3. The minimum atomic E-state index is 0.728. The topological polar surface area (TPSA) is 29.9 Å². The van der Waals surface area contributed by atoms with Crippen molar-refractivity contribution < 1.29 is 0 Å². The number of aromatic nitrogens is 2. The number of nitrogens with one attached hydrogen (secondary N) is 1. The maximum absolute atomic E-state index is 4.38. The maximum atomic E-state index is 4.38. The molecule has 0 bridgehead atoms. The molecule has 0 saturated carbocycles. The summed E-state index contributed by atoms with van der Waals surface area (Å²) in [5, 5.41) is 3.28. The summed E-state index contributed by atoms with van der Waals surface area (Å²) in [5.41, 5.74) is 4.24. The highest BCUT2D eigenvalue weighted by Crippen LogP contribution is 2.28. The van der Waals surface area contributed by atoms with Crippen molar-refractivity contribution in [3.05, 3.63) is 54.4 Å². The lowest BCUT2D eigenvalue weighted by Crippen LogP contribution is -2.11. The molecule has 98 valence electrons. The third-order valence-corrected chi connectivity index (χ3v) is 3.68. The van der Waals surface area contributed by atoms with Gasteiger partial charge in [0.1, 0.15) is 0 Å². The Labute approximate surface area is 114 Å². The highest BCUT2D eigenvalue weighted by molar-refractivity contribution is 5.51. The number of imidazole rings is 1. The zero-order chi connectivity index (χ0) is 13.1. The van der Waals surface area contributed by atoms with Gasteiger partial charge in [0.15, 0.2) is 0 Å². The van der Waals surface area contributed by atoms with Crippen molar-refractivity contribution in [3.8, 4) is 5.69 Å².